The molecule has 0 aliphatic carbocycles. The monoisotopic (exact) mass is 166 g/mol. The molecule has 3 nitrogen and oxygen atoms in total. The molecular formula is C9H14N2O. The number of Topliss-reactive ketones (excluding diaryl/α,β-unsaturated/α-hetero) is 1. The van der Waals surface area contributed by atoms with Crippen molar-refractivity contribution in [1.29, 1.82) is 0 Å². The summed E-state index contributed by atoms with van der Waals surface area (Å²) < 4.78 is 1.77. The van der Waals surface area contributed by atoms with Crippen LogP contribution < -0.4 is 0 Å². The highest BCUT2D eigenvalue weighted by Crippen LogP contribution is 2.10. The van der Waals surface area contributed by atoms with E-state index in [9.17, 15) is 4.79 Å². The van der Waals surface area contributed by atoms with Gasteiger partial charge in [-0.2, -0.15) is 5.10 Å². The van der Waals surface area contributed by atoms with Crippen molar-refractivity contribution in [3.63, 3.8) is 0 Å². The zero-order valence-corrected chi connectivity index (χ0v) is 7.79. The molecule has 0 spiro atoms. The van der Waals surface area contributed by atoms with Crippen LogP contribution in [0.15, 0.2) is 6.20 Å². The highest BCUT2D eigenvalue weighted by atomic mass is 16.1. The average Bonchev–Trinajstić information content (AvgIpc) is 2.45. The number of nitrogens with zero attached hydrogens (tertiary/aromatic N) is 2. The van der Waals surface area contributed by atoms with Crippen LogP contribution in [0.1, 0.15) is 36.3 Å². The Morgan fingerprint density at radius 1 is 1.58 bits per heavy atom. The summed E-state index contributed by atoms with van der Waals surface area (Å²) >= 11 is 0. The van der Waals surface area contributed by atoms with E-state index in [4.69, 9.17) is 0 Å². The van der Waals surface area contributed by atoms with Gasteiger partial charge in [0.15, 0.2) is 5.78 Å². The number of hydrogen-bond acceptors (Lipinski definition) is 2. The molecular weight excluding hydrogens is 152 g/mol. The lowest BCUT2D eigenvalue weighted by atomic mass is 10.1. The van der Waals surface area contributed by atoms with Crippen LogP contribution in [-0.2, 0) is 13.5 Å². The van der Waals surface area contributed by atoms with Crippen LogP contribution in [0.2, 0.25) is 0 Å². The molecule has 0 N–H and O–H groups in total. The minimum absolute atomic E-state index is 0.181. The minimum atomic E-state index is 0.181. The van der Waals surface area contributed by atoms with Gasteiger partial charge >= 0.3 is 0 Å². The Morgan fingerprint density at radius 2 is 2.25 bits per heavy atom. The van der Waals surface area contributed by atoms with Gasteiger partial charge in [-0.15, -0.1) is 0 Å². The van der Waals surface area contributed by atoms with Gasteiger partial charge in [0.1, 0.15) is 0 Å². The summed E-state index contributed by atoms with van der Waals surface area (Å²) in [7, 11) is 1.87. The average molecular weight is 166 g/mol. The SMILES string of the molecule is CCC(=O)c1cnn(C)c1CC. The molecule has 1 rings (SSSR count). The van der Waals surface area contributed by atoms with Crippen molar-refractivity contribution >= 4 is 5.78 Å². The smallest absolute Gasteiger partial charge is 0.166 e. The molecule has 66 valence electrons. The quantitative estimate of drug-likeness (QED) is 0.639. The van der Waals surface area contributed by atoms with E-state index in [1.54, 1.807) is 10.9 Å². The maximum atomic E-state index is 11.4. The van der Waals surface area contributed by atoms with Gasteiger partial charge < -0.3 is 0 Å². The van der Waals surface area contributed by atoms with Gasteiger partial charge in [-0.1, -0.05) is 13.8 Å². The normalized spacial score (nSPS) is 10.2. The molecule has 0 unspecified atom stereocenters. The van der Waals surface area contributed by atoms with Crippen molar-refractivity contribution in [2.45, 2.75) is 26.7 Å². The highest BCUT2D eigenvalue weighted by Gasteiger charge is 2.11. The lowest BCUT2D eigenvalue weighted by Crippen LogP contribution is -2.03. The van der Waals surface area contributed by atoms with Gasteiger partial charge in [-0.05, 0) is 6.42 Å². The summed E-state index contributed by atoms with van der Waals surface area (Å²) in [6.07, 6.45) is 3.07. The first-order valence-electron chi connectivity index (χ1n) is 4.24. The van der Waals surface area contributed by atoms with Crippen LogP contribution in [0, 0.1) is 0 Å². The third-order valence-electron chi connectivity index (χ3n) is 2.02. The van der Waals surface area contributed by atoms with Crippen LogP contribution in [0.25, 0.3) is 0 Å². The van der Waals surface area contributed by atoms with Crippen molar-refractivity contribution in [3.05, 3.63) is 17.5 Å². The first-order chi connectivity index (χ1) is 5.70. The molecule has 3 heteroatoms. The van der Waals surface area contributed by atoms with Gasteiger partial charge in [-0.3, -0.25) is 9.48 Å². The second kappa shape index (κ2) is 3.52. The zero-order chi connectivity index (χ0) is 9.14. The number of aryl methyl sites for hydroxylation is 1. The zero-order valence-electron chi connectivity index (χ0n) is 7.79. The molecule has 0 radical (unpaired) electrons. The predicted octanol–water partition coefficient (Wildman–Crippen LogP) is 1.58. The van der Waals surface area contributed by atoms with E-state index in [-0.39, 0.29) is 5.78 Å². The lowest BCUT2D eigenvalue weighted by molar-refractivity contribution is 0.0987. The second-order valence-electron chi connectivity index (χ2n) is 2.76. The van der Waals surface area contributed by atoms with E-state index in [1.807, 2.05) is 20.9 Å². The number of carbonyl (C=O) groups excluding carboxylic acids is 1. The summed E-state index contributed by atoms with van der Waals surface area (Å²) in [5, 5.41) is 4.05. The van der Waals surface area contributed by atoms with Crippen LogP contribution >= 0.6 is 0 Å². The van der Waals surface area contributed by atoms with Gasteiger partial charge in [0.2, 0.25) is 0 Å². The molecule has 0 amide bonds. The fraction of sp³-hybridized carbons (Fsp3) is 0.556. The highest BCUT2D eigenvalue weighted by molar-refractivity contribution is 5.96. The van der Waals surface area contributed by atoms with E-state index >= 15 is 0 Å². The standard InChI is InChI=1S/C9H14N2O/c1-4-8-7(9(12)5-2)6-10-11(8)3/h6H,4-5H2,1-3H3. The minimum Gasteiger partial charge on any atom is -0.294 e. The Bertz CT molecular complexity index is 289. The summed E-state index contributed by atoms with van der Waals surface area (Å²) in [6, 6.07) is 0. The van der Waals surface area contributed by atoms with Gasteiger partial charge in [0.25, 0.3) is 0 Å². The maximum Gasteiger partial charge on any atom is 0.166 e. The lowest BCUT2D eigenvalue weighted by Gasteiger charge is -1.99. The van der Waals surface area contributed by atoms with Gasteiger partial charge in [-0.25, -0.2) is 0 Å². The number of rotatable bonds is 3. The van der Waals surface area contributed by atoms with Crippen molar-refractivity contribution in [3.8, 4) is 0 Å². The predicted molar refractivity (Wildman–Crippen MR) is 47.2 cm³/mol. The van der Waals surface area contributed by atoms with Crippen molar-refractivity contribution in [1.82, 2.24) is 9.78 Å². The Kier molecular flexibility index (Phi) is 2.63. The van der Waals surface area contributed by atoms with Gasteiger partial charge in [0, 0.05) is 19.2 Å². The second-order valence-corrected chi connectivity index (χ2v) is 2.76. The fourth-order valence-electron chi connectivity index (χ4n) is 1.31. The topological polar surface area (TPSA) is 34.9 Å². The molecule has 0 atom stereocenters. The molecule has 1 heterocycles. The van der Waals surface area contributed by atoms with Gasteiger partial charge in [0.05, 0.1) is 11.8 Å². The Balaban J connectivity index is 3.07. The number of aromatic nitrogens is 2. The van der Waals surface area contributed by atoms with Crippen LogP contribution in [-0.4, -0.2) is 15.6 Å². The molecule has 0 saturated heterocycles. The van der Waals surface area contributed by atoms with Crippen molar-refractivity contribution < 1.29 is 4.79 Å². The first-order valence-corrected chi connectivity index (χ1v) is 4.24. The third-order valence-corrected chi connectivity index (χ3v) is 2.02. The van der Waals surface area contributed by atoms with E-state index < -0.39 is 0 Å². The molecule has 0 bridgehead atoms. The van der Waals surface area contributed by atoms with E-state index in [0.29, 0.717) is 6.42 Å². The number of ketones is 1. The van der Waals surface area contributed by atoms with E-state index in [0.717, 1.165) is 17.7 Å². The molecule has 0 saturated carbocycles. The maximum absolute atomic E-state index is 11.4. The fourth-order valence-corrected chi connectivity index (χ4v) is 1.31. The van der Waals surface area contributed by atoms with Crippen LogP contribution in [0.5, 0.6) is 0 Å². The third kappa shape index (κ3) is 1.40. The van der Waals surface area contributed by atoms with Crippen LogP contribution in [0.4, 0.5) is 0 Å². The Labute approximate surface area is 72.4 Å². The largest absolute Gasteiger partial charge is 0.294 e. The van der Waals surface area contributed by atoms with Crippen LogP contribution in [0.3, 0.4) is 0 Å². The first kappa shape index (κ1) is 8.97. The molecule has 12 heavy (non-hydrogen) atoms. The summed E-state index contributed by atoms with van der Waals surface area (Å²) in [5.74, 6) is 0.181. The Morgan fingerprint density at radius 3 is 2.75 bits per heavy atom. The van der Waals surface area contributed by atoms with Crippen molar-refractivity contribution in [2.75, 3.05) is 0 Å². The molecule has 0 aliphatic rings. The molecule has 1 aromatic heterocycles. The number of hydrogen-bond donors (Lipinski definition) is 0. The van der Waals surface area contributed by atoms with E-state index in [1.165, 1.54) is 0 Å². The molecule has 0 aromatic carbocycles. The molecule has 0 fully saturated rings. The molecule has 0 aliphatic heterocycles. The molecule has 1 aromatic rings. The van der Waals surface area contributed by atoms with E-state index in [2.05, 4.69) is 5.10 Å². The Hall–Kier alpha value is -1.12. The summed E-state index contributed by atoms with van der Waals surface area (Å²) in [5.41, 5.74) is 1.81. The summed E-state index contributed by atoms with van der Waals surface area (Å²) in [6.45, 7) is 3.90. The van der Waals surface area contributed by atoms with Crippen molar-refractivity contribution in [2.24, 2.45) is 7.05 Å². The summed E-state index contributed by atoms with van der Waals surface area (Å²) in [4.78, 5) is 11.4. The number of carbonyl (C=O) groups is 1.